The summed E-state index contributed by atoms with van der Waals surface area (Å²) in [4.78, 5) is 0. The first-order valence-corrected chi connectivity index (χ1v) is 9.40. The molecule has 1 fully saturated rings. The van der Waals surface area contributed by atoms with E-state index in [1.54, 1.807) is 10.9 Å². The first-order valence-electron chi connectivity index (χ1n) is 7.79. The Bertz CT molecular complexity index is 609. The standard InChI is InChI=1S/C14H26N4O4S/c1-14(2,3)4-7-23(20,21)18-5-6-22-13(10-18)9-17-8-12(11-19)15-16-17/h8,13,19H,4-7,9-11H2,1-3H3. The zero-order valence-electron chi connectivity index (χ0n) is 14.0. The van der Waals surface area contributed by atoms with E-state index in [1.807, 2.05) is 20.8 Å². The lowest BCUT2D eigenvalue weighted by molar-refractivity contribution is -0.0123. The van der Waals surface area contributed by atoms with Crippen LogP contribution in [0.4, 0.5) is 0 Å². The number of morpholine rings is 1. The van der Waals surface area contributed by atoms with E-state index in [2.05, 4.69) is 10.3 Å². The summed E-state index contributed by atoms with van der Waals surface area (Å²) in [5, 5.41) is 16.7. The minimum absolute atomic E-state index is 0.0137. The van der Waals surface area contributed by atoms with Gasteiger partial charge in [-0.25, -0.2) is 13.1 Å². The minimum atomic E-state index is -3.27. The van der Waals surface area contributed by atoms with Crippen LogP contribution in [0.25, 0.3) is 0 Å². The molecule has 9 heteroatoms. The summed E-state index contributed by atoms with van der Waals surface area (Å²) < 4.78 is 33.7. The first-order chi connectivity index (χ1) is 10.7. The van der Waals surface area contributed by atoms with E-state index in [1.165, 1.54) is 4.31 Å². The molecule has 1 aromatic rings. The third-order valence-corrected chi connectivity index (χ3v) is 5.58. The zero-order valence-corrected chi connectivity index (χ0v) is 14.8. The number of aromatic nitrogens is 3. The maximum atomic E-state index is 12.5. The van der Waals surface area contributed by atoms with Gasteiger partial charge in [-0.05, 0) is 11.8 Å². The van der Waals surface area contributed by atoms with Crippen molar-refractivity contribution in [3.63, 3.8) is 0 Å². The molecule has 0 aliphatic carbocycles. The van der Waals surface area contributed by atoms with E-state index >= 15 is 0 Å². The molecule has 1 N–H and O–H groups in total. The fourth-order valence-corrected chi connectivity index (χ4v) is 4.20. The van der Waals surface area contributed by atoms with Crippen molar-refractivity contribution < 1.29 is 18.3 Å². The quantitative estimate of drug-likeness (QED) is 0.792. The second-order valence-corrected chi connectivity index (χ2v) is 9.16. The molecule has 1 aliphatic rings. The number of aliphatic hydroxyl groups is 1. The van der Waals surface area contributed by atoms with Crippen LogP contribution in [0.2, 0.25) is 0 Å². The Kier molecular flexibility index (Phi) is 5.77. The molecule has 0 bridgehead atoms. The number of nitrogens with zero attached hydrogens (tertiary/aromatic N) is 4. The molecule has 0 amide bonds. The lowest BCUT2D eigenvalue weighted by Gasteiger charge is -2.32. The highest BCUT2D eigenvalue weighted by molar-refractivity contribution is 7.89. The summed E-state index contributed by atoms with van der Waals surface area (Å²) in [6, 6.07) is 0. The SMILES string of the molecule is CC(C)(C)CCS(=O)(=O)N1CCOC(Cn2cc(CO)nn2)C1. The zero-order chi connectivity index (χ0) is 17.1. The van der Waals surface area contributed by atoms with Crippen LogP contribution in [0.15, 0.2) is 6.20 Å². The van der Waals surface area contributed by atoms with Gasteiger partial charge in [0.2, 0.25) is 10.0 Å². The smallest absolute Gasteiger partial charge is 0.214 e. The van der Waals surface area contributed by atoms with Crippen LogP contribution in [0.3, 0.4) is 0 Å². The van der Waals surface area contributed by atoms with Crippen molar-refractivity contribution in [2.24, 2.45) is 5.41 Å². The third kappa shape index (κ3) is 5.52. The normalized spacial score (nSPS) is 20.8. The van der Waals surface area contributed by atoms with Crippen LogP contribution in [0, 0.1) is 5.41 Å². The Balaban J connectivity index is 1.94. The fraction of sp³-hybridized carbons (Fsp3) is 0.857. The molecule has 0 radical (unpaired) electrons. The molecular weight excluding hydrogens is 320 g/mol. The van der Waals surface area contributed by atoms with E-state index in [0.717, 1.165) is 0 Å². The van der Waals surface area contributed by atoms with E-state index < -0.39 is 10.0 Å². The van der Waals surface area contributed by atoms with Crippen LogP contribution >= 0.6 is 0 Å². The topological polar surface area (TPSA) is 97.5 Å². The van der Waals surface area contributed by atoms with Crippen molar-refractivity contribution in [2.45, 2.75) is 46.4 Å². The Hall–Kier alpha value is -1.03. The average Bonchev–Trinajstić information content (AvgIpc) is 2.93. The second-order valence-electron chi connectivity index (χ2n) is 7.07. The van der Waals surface area contributed by atoms with Gasteiger partial charge in [0.25, 0.3) is 0 Å². The molecule has 8 nitrogen and oxygen atoms in total. The van der Waals surface area contributed by atoms with Gasteiger partial charge in [0.05, 0.1) is 37.8 Å². The largest absolute Gasteiger partial charge is 0.390 e. The number of hydrogen-bond acceptors (Lipinski definition) is 6. The Morgan fingerprint density at radius 3 is 2.78 bits per heavy atom. The molecule has 23 heavy (non-hydrogen) atoms. The van der Waals surface area contributed by atoms with Crippen LogP contribution in [0.1, 0.15) is 32.9 Å². The number of ether oxygens (including phenoxy) is 1. The monoisotopic (exact) mass is 346 g/mol. The molecule has 0 spiro atoms. The van der Waals surface area contributed by atoms with Crippen LogP contribution < -0.4 is 0 Å². The van der Waals surface area contributed by atoms with Gasteiger partial charge >= 0.3 is 0 Å². The molecule has 132 valence electrons. The van der Waals surface area contributed by atoms with E-state index in [4.69, 9.17) is 9.84 Å². The number of sulfonamides is 1. The average molecular weight is 346 g/mol. The van der Waals surface area contributed by atoms with E-state index in [0.29, 0.717) is 38.4 Å². The lowest BCUT2D eigenvalue weighted by atomic mass is 9.94. The highest BCUT2D eigenvalue weighted by Crippen LogP contribution is 2.21. The minimum Gasteiger partial charge on any atom is -0.390 e. The van der Waals surface area contributed by atoms with E-state index in [-0.39, 0.29) is 23.9 Å². The number of rotatable bonds is 6. The highest BCUT2D eigenvalue weighted by atomic mass is 32.2. The van der Waals surface area contributed by atoms with Crippen molar-refractivity contribution in [3.05, 3.63) is 11.9 Å². The summed E-state index contributed by atoms with van der Waals surface area (Å²) in [7, 11) is -3.27. The molecule has 2 rings (SSSR count). The predicted octanol–water partition coefficient (Wildman–Crippen LogP) is 0.237. The van der Waals surface area contributed by atoms with Crippen molar-refractivity contribution in [2.75, 3.05) is 25.4 Å². The molecule has 1 atom stereocenters. The lowest BCUT2D eigenvalue weighted by Crippen LogP contribution is -2.48. The Labute approximate surface area is 137 Å². The Morgan fingerprint density at radius 1 is 1.43 bits per heavy atom. The Morgan fingerprint density at radius 2 is 2.17 bits per heavy atom. The van der Waals surface area contributed by atoms with Crippen LogP contribution in [0.5, 0.6) is 0 Å². The van der Waals surface area contributed by atoms with E-state index in [9.17, 15) is 8.42 Å². The number of hydrogen-bond donors (Lipinski definition) is 1. The van der Waals surface area contributed by atoms with Gasteiger partial charge in [-0.15, -0.1) is 5.10 Å². The van der Waals surface area contributed by atoms with Gasteiger partial charge in [0, 0.05) is 13.1 Å². The van der Waals surface area contributed by atoms with Gasteiger partial charge in [-0.2, -0.15) is 4.31 Å². The molecule has 1 saturated heterocycles. The predicted molar refractivity (Wildman–Crippen MR) is 85.1 cm³/mol. The van der Waals surface area contributed by atoms with Crippen molar-refractivity contribution in [3.8, 4) is 0 Å². The van der Waals surface area contributed by atoms with Gasteiger partial charge < -0.3 is 9.84 Å². The first kappa shape index (κ1) is 18.3. The van der Waals surface area contributed by atoms with Crippen LogP contribution in [-0.4, -0.2) is 64.4 Å². The molecule has 1 unspecified atom stereocenters. The molecule has 0 aromatic carbocycles. The van der Waals surface area contributed by atoms with Crippen molar-refractivity contribution >= 4 is 10.0 Å². The summed E-state index contributed by atoms with van der Waals surface area (Å²) >= 11 is 0. The molecule has 0 saturated carbocycles. The van der Waals surface area contributed by atoms with Gasteiger partial charge in [-0.3, -0.25) is 0 Å². The highest BCUT2D eigenvalue weighted by Gasteiger charge is 2.30. The summed E-state index contributed by atoms with van der Waals surface area (Å²) in [6.45, 7) is 7.44. The van der Waals surface area contributed by atoms with Crippen LogP contribution in [-0.2, 0) is 27.9 Å². The summed E-state index contributed by atoms with van der Waals surface area (Å²) in [5.41, 5.74) is 0.468. The maximum Gasteiger partial charge on any atom is 0.214 e. The maximum absolute atomic E-state index is 12.5. The van der Waals surface area contributed by atoms with Gasteiger partial charge in [0.1, 0.15) is 5.69 Å². The van der Waals surface area contributed by atoms with Gasteiger partial charge in [0.15, 0.2) is 0 Å². The molecular formula is C14H26N4O4S. The molecule has 2 heterocycles. The number of aliphatic hydroxyl groups excluding tert-OH is 1. The summed E-state index contributed by atoms with van der Waals surface area (Å²) in [5.74, 6) is 0.154. The molecule has 1 aliphatic heterocycles. The molecule has 1 aromatic heterocycles. The fourth-order valence-electron chi connectivity index (χ4n) is 2.33. The van der Waals surface area contributed by atoms with Crippen molar-refractivity contribution in [1.82, 2.24) is 19.3 Å². The second kappa shape index (κ2) is 7.25. The van der Waals surface area contributed by atoms with Gasteiger partial charge in [-0.1, -0.05) is 26.0 Å². The van der Waals surface area contributed by atoms with Crippen molar-refractivity contribution in [1.29, 1.82) is 0 Å². The summed E-state index contributed by atoms with van der Waals surface area (Å²) in [6.07, 6.45) is 2.00. The third-order valence-electron chi connectivity index (χ3n) is 3.74.